The molecule has 0 spiro atoms. The normalized spacial score (nSPS) is 14.8. The fourth-order valence-corrected chi connectivity index (χ4v) is 8.12. The van der Waals surface area contributed by atoms with Crippen LogP contribution in [0.2, 0.25) is 0 Å². The average Bonchev–Trinajstić information content (AvgIpc) is 3.26. The Bertz CT molecular complexity index is 1900. The van der Waals surface area contributed by atoms with Crippen molar-refractivity contribution in [3.05, 3.63) is 121 Å². The van der Waals surface area contributed by atoms with Crippen molar-refractivity contribution >= 4 is 68.6 Å². The summed E-state index contributed by atoms with van der Waals surface area (Å²) < 4.78 is 21.7. The van der Waals surface area contributed by atoms with Crippen LogP contribution in [0.4, 0.5) is 0 Å². The Labute approximate surface area is 287 Å². The number of hydrogen-bond donors (Lipinski definition) is 0. The van der Waals surface area contributed by atoms with Crippen LogP contribution in [0.25, 0.3) is 6.08 Å². The molecule has 44 heavy (non-hydrogen) atoms. The third-order valence-electron chi connectivity index (χ3n) is 6.92. The molecule has 228 valence electrons. The van der Waals surface area contributed by atoms with Crippen LogP contribution in [0.3, 0.4) is 0 Å². The van der Waals surface area contributed by atoms with Gasteiger partial charge in [0.2, 0.25) is 0 Å². The molecule has 0 radical (unpaired) electrons. The number of aromatic nitrogens is 1. The third kappa shape index (κ3) is 6.96. The van der Waals surface area contributed by atoms with Gasteiger partial charge in [0.1, 0.15) is 24.1 Å². The predicted octanol–water partition coefficient (Wildman–Crippen LogP) is 6.68. The highest BCUT2D eigenvalue weighted by atomic mass is 127. The molecule has 10 heteroatoms. The number of carbonyl (C=O) groups excluding carboxylic acids is 1. The quantitative estimate of drug-likeness (QED) is 0.139. The van der Waals surface area contributed by atoms with Crippen molar-refractivity contribution in [1.82, 2.24) is 4.57 Å². The van der Waals surface area contributed by atoms with E-state index in [9.17, 15) is 9.59 Å². The SMILES string of the molecule is CCOC(=O)C1=C(C)N=c2s/c(=C/c3cc(I)c(OCc4ccc(C)cc4)c(I)c3)c(=O)n2[C@@H]1c1ccccc1OC(C)C. The summed E-state index contributed by atoms with van der Waals surface area (Å²) in [6.07, 6.45) is 1.77. The van der Waals surface area contributed by atoms with Crippen LogP contribution >= 0.6 is 56.5 Å². The van der Waals surface area contributed by atoms with Gasteiger partial charge in [-0.3, -0.25) is 9.36 Å². The summed E-state index contributed by atoms with van der Waals surface area (Å²) in [6, 6.07) is 19.0. The number of hydrogen-bond acceptors (Lipinski definition) is 7. The lowest BCUT2D eigenvalue weighted by Gasteiger charge is -2.26. The molecule has 5 rings (SSSR count). The van der Waals surface area contributed by atoms with Gasteiger partial charge >= 0.3 is 5.97 Å². The molecule has 3 aromatic carbocycles. The summed E-state index contributed by atoms with van der Waals surface area (Å²) in [5.41, 5.74) is 4.47. The maximum absolute atomic E-state index is 14.1. The van der Waals surface area contributed by atoms with E-state index in [1.165, 1.54) is 16.9 Å². The van der Waals surface area contributed by atoms with Crippen molar-refractivity contribution in [3.63, 3.8) is 0 Å². The van der Waals surface area contributed by atoms with Gasteiger partial charge in [0.05, 0.1) is 35.7 Å². The number of esters is 1. The number of allylic oxidation sites excluding steroid dienone is 1. The van der Waals surface area contributed by atoms with Crippen LogP contribution in [-0.4, -0.2) is 23.2 Å². The maximum atomic E-state index is 14.1. The van der Waals surface area contributed by atoms with Crippen LogP contribution in [0.1, 0.15) is 56.0 Å². The second-order valence-corrected chi connectivity index (χ2v) is 13.9. The zero-order valence-corrected chi connectivity index (χ0v) is 30.2. The number of thiazole rings is 1. The first kappa shape index (κ1) is 32.4. The van der Waals surface area contributed by atoms with E-state index in [0.717, 1.165) is 24.0 Å². The minimum atomic E-state index is -0.750. The molecule has 1 aliphatic heterocycles. The number of fused-ring (bicyclic) bond motifs is 1. The summed E-state index contributed by atoms with van der Waals surface area (Å²) in [5.74, 6) is 0.906. The smallest absolute Gasteiger partial charge is 0.338 e. The molecule has 0 fully saturated rings. The Morgan fingerprint density at radius 3 is 2.41 bits per heavy atom. The van der Waals surface area contributed by atoms with E-state index in [4.69, 9.17) is 19.2 Å². The van der Waals surface area contributed by atoms with Gasteiger partial charge in [0.15, 0.2) is 4.80 Å². The average molecular weight is 835 g/mol. The summed E-state index contributed by atoms with van der Waals surface area (Å²) in [4.78, 5) is 32.6. The van der Waals surface area contributed by atoms with E-state index in [1.807, 2.05) is 56.3 Å². The van der Waals surface area contributed by atoms with Gasteiger partial charge in [0, 0.05) is 5.56 Å². The molecule has 0 bridgehead atoms. The summed E-state index contributed by atoms with van der Waals surface area (Å²) in [6.45, 7) is 10.2. The monoisotopic (exact) mass is 834 g/mol. The van der Waals surface area contributed by atoms with Crippen molar-refractivity contribution < 1.29 is 19.0 Å². The van der Waals surface area contributed by atoms with Crippen molar-refractivity contribution in [2.24, 2.45) is 4.99 Å². The van der Waals surface area contributed by atoms with E-state index < -0.39 is 12.0 Å². The molecule has 0 N–H and O–H groups in total. The van der Waals surface area contributed by atoms with Gasteiger partial charge in [-0.25, -0.2) is 9.79 Å². The summed E-state index contributed by atoms with van der Waals surface area (Å²) >= 11 is 5.84. The molecule has 2 heterocycles. The van der Waals surface area contributed by atoms with Crippen LogP contribution in [0.15, 0.2) is 81.7 Å². The second-order valence-electron chi connectivity index (χ2n) is 10.6. The van der Waals surface area contributed by atoms with Crippen molar-refractivity contribution in [3.8, 4) is 11.5 Å². The number of rotatable bonds is 9. The number of carbonyl (C=O) groups is 1. The second kappa shape index (κ2) is 14.0. The molecule has 4 aromatic rings. The fourth-order valence-electron chi connectivity index (χ4n) is 4.95. The summed E-state index contributed by atoms with van der Waals surface area (Å²) in [7, 11) is 0. The number of para-hydroxylation sites is 1. The van der Waals surface area contributed by atoms with E-state index in [2.05, 4.69) is 76.4 Å². The number of nitrogens with zero attached hydrogens (tertiary/aromatic N) is 2. The largest absolute Gasteiger partial charge is 0.491 e. The molecule has 0 amide bonds. The minimum Gasteiger partial charge on any atom is -0.491 e. The molecule has 0 saturated carbocycles. The lowest BCUT2D eigenvalue weighted by molar-refractivity contribution is -0.139. The lowest BCUT2D eigenvalue weighted by Crippen LogP contribution is -2.40. The first-order valence-electron chi connectivity index (χ1n) is 14.2. The van der Waals surface area contributed by atoms with Crippen molar-refractivity contribution in [1.29, 1.82) is 0 Å². The first-order chi connectivity index (χ1) is 21.1. The fraction of sp³-hybridized carbons (Fsp3) is 0.265. The third-order valence-corrected chi connectivity index (χ3v) is 9.50. The molecule has 1 aliphatic rings. The Morgan fingerprint density at radius 1 is 1.07 bits per heavy atom. The highest BCUT2D eigenvalue weighted by Gasteiger charge is 2.35. The maximum Gasteiger partial charge on any atom is 0.338 e. The summed E-state index contributed by atoms with van der Waals surface area (Å²) in [5, 5.41) is 0. The van der Waals surface area contributed by atoms with Crippen LogP contribution < -0.4 is 24.4 Å². The van der Waals surface area contributed by atoms with E-state index in [1.54, 1.807) is 18.4 Å². The van der Waals surface area contributed by atoms with Crippen molar-refractivity contribution in [2.75, 3.05) is 6.61 Å². The lowest BCUT2D eigenvalue weighted by atomic mass is 9.95. The number of aryl methyl sites for hydroxylation is 1. The van der Waals surface area contributed by atoms with Crippen LogP contribution in [0.5, 0.6) is 11.5 Å². The first-order valence-corrected chi connectivity index (χ1v) is 17.2. The molecular formula is C34H32I2N2O5S. The van der Waals surface area contributed by atoms with Gasteiger partial charge < -0.3 is 14.2 Å². The predicted molar refractivity (Wildman–Crippen MR) is 190 cm³/mol. The highest BCUT2D eigenvalue weighted by molar-refractivity contribution is 14.1. The Kier molecular flexibility index (Phi) is 10.3. The molecule has 7 nitrogen and oxygen atoms in total. The van der Waals surface area contributed by atoms with E-state index in [-0.39, 0.29) is 18.3 Å². The van der Waals surface area contributed by atoms with Gasteiger partial charge in [0.25, 0.3) is 5.56 Å². The molecule has 1 aromatic heterocycles. The Morgan fingerprint density at radius 2 is 1.75 bits per heavy atom. The van der Waals surface area contributed by atoms with Crippen molar-refractivity contribution in [2.45, 2.75) is 53.4 Å². The van der Waals surface area contributed by atoms with E-state index in [0.29, 0.717) is 38.5 Å². The Balaban J connectivity index is 1.58. The number of benzene rings is 3. The van der Waals surface area contributed by atoms with Gasteiger partial charge in [-0.1, -0.05) is 59.4 Å². The molecule has 1 atom stereocenters. The zero-order valence-electron chi connectivity index (χ0n) is 25.0. The molecular weight excluding hydrogens is 802 g/mol. The van der Waals surface area contributed by atoms with E-state index >= 15 is 0 Å². The molecule has 0 unspecified atom stereocenters. The molecule has 0 aliphatic carbocycles. The Hall–Kier alpha value is -2.97. The molecule has 0 saturated heterocycles. The van der Waals surface area contributed by atoms with Gasteiger partial charge in [-0.05, 0) is 115 Å². The van der Waals surface area contributed by atoms with Gasteiger partial charge in [-0.15, -0.1) is 0 Å². The highest BCUT2D eigenvalue weighted by Crippen LogP contribution is 2.36. The topological polar surface area (TPSA) is 79.1 Å². The number of halogens is 2. The minimum absolute atomic E-state index is 0.100. The van der Waals surface area contributed by atoms with Crippen LogP contribution in [0, 0.1) is 14.1 Å². The zero-order chi connectivity index (χ0) is 31.5. The van der Waals surface area contributed by atoms with Crippen LogP contribution in [-0.2, 0) is 16.1 Å². The number of ether oxygens (including phenoxy) is 3. The van der Waals surface area contributed by atoms with Gasteiger partial charge in [-0.2, -0.15) is 0 Å². The standard InChI is InChI=1S/C34H32I2N2O5S/c1-6-41-33(40)29-21(5)37-34-38(30(29)24-9-7-8-10-27(24)43-19(2)3)32(39)28(44-34)17-23-15-25(35)31(26(36)16-23)42-18-22-13-11-20(4)12-14-22/h7-17,19,30H,6,18H2,1-5H3/b28-17+/t30-/m1/s1.